The van der Waals surface area contributed by atoms with E-state index in [1.165, 1.54) is 24.3 Å². The highest BCUT2D eigenvalue weighted by molar-refractivity contribution is 5.81. The molecule has 0 N–H and O–H groups in total. The van der Waals surface area contributed by atoms with Crippen molar-refractivity contribution in [1.82, 2.24) is 4.98 Å². The molecule has 0 unspecified atom stereocenters. The zero-order valence-electron chi connectivity index (χ0n) is 12.1. The van der Waals surface area contributed by atoms with E-state index in [1.54, 1.807) is 36.5 Å². The summed E-state index contributed by atoms with van der Waals surface area (Å²) in [6, 6.07) is 16.1. The first-order valence-electron chi connectivity index (χ1n) is 7.05. The highest BCUT2D eigenvalue weighted by Crippen LogP contribution is 2.31. The van der Waals surface area contributed by atoms with Gasteiger partial charge in [-0.3, -0.25) is 4.98 Å². The Labute approximate surface area is 132 Å². The lowest BCUT2D eigenvalue weighted by molar-refractivity contribution is 0.627. The van der Waals surface area contributed by atoms with E-state index < -0.39 is 0 Å². The molecule has 0 amide bonds. The van der Waals surface area contributed by atoms with Gasteiger partial charge in [-0.05, 0) is 41.5 Å². The van der Waals surface area contributed by atoms with Crippen LogP contribution in [0.3, 0.4) is 0 Å². The number of rotatable bonds is 3. The third-order valence-corrected chi connectivity index (χ3v) is 3.46. The number of nitriles is 1. The van der Waals surface area contributed by atoms with Crippen LogP contribution in [0.2, 0.25) is 0 Å². The zero-order valence-corrected chi connectivity index (χ0v) is 12.1. The Hall–Kier alpha value is -3.06. The van der Waals surface area contributed by atoms with Crippen molar-refractivity contribution in [1.29, 1.82) is 5.26 Å². The second-order valence-corrected chi connectivity index (χ2v) is 5.10. The Bertz CT molecular complexity index is 898. The van der Waals surface area contributed by atoms with Gasteiger partial charge >= 0.3 is 0 Å². The van der Waals surface area contributed by atoms with Gasteiger partial charge in [-0.25, -0.2) is 8.78 Å². The van der Waals surface area contributed by atoms with Crippen molar-refractivity contribution in [3.63, 3.8) is 0 Å². The SMILES string of the molecule is N#CCc1cnc(-c2cccc(F)c2)c(-c2cccc(F)c2)c1. The summed E-state index contributed by atoms with van der Waals surface area (Å²) in [5, 5.41) is 8.86. The van der Waals surface area contributed by atoms with Crippen LogP contribution in [0.15, 0.2) is 60.8 Å². The molecule has 23 heavy (non-hydrogen) atoms. The van der Waals surface area contributed by atoms with Crippen molar-refractivity contribution in [2.24, 2.45) is 0 Å². The molecule has 0 spiro atoms. The highest BCUT2D eigenvalue weighted by atomic mass is 19.1. The van der Waals surface area contributed by atoms with E-state index in [0.717, 1.165) is 5.56 Å². The van der Waals surface area contributed by atoms with Crippen molar-refractivity contribution >= 4 is 0 Å². The summed E-state index contributed by atoms with van der Waals surface area (Å²) in [7, 11) is 0. The van der Waals surface area contributed by atoms with Crippen LogP contribution in [0.5, 0.6) is 0 Å². The lowest BCUT2D eigenvalue weighted by Gasteiger charge is -2.11. The first kappa shape index (κ1) is 14.9. The lowest BCUT2D eigenvalue weighted by Crippen LogP contribution is -1.94. The second kappa shape index (κ2) is 6.37. The Kier molecular flexibility index (Phi) is 4.11. The van der Waals surface area contributed by atoms with Gasteiger partial charge in [0.1, 0.15) is 11.6 Å². The maximum atomic E-state index is 13.6. The molecule has 0 radical (unpaired) electrons. The molecule has 0 aliphatic carbocycles. The lowest BCUT2D eigenvalue weighted by atomic mass is 9.97. The van der Waals surface area contributed by atoms with Gasteiger partial charge in [0, 0.05) is 17.3 Å². The van der Waals surface area contributed by atoms with Gasteiger partial charge in [-0.15, -0.1) is 0 Å². The number of hydrogen-bond acceptors (Lipinski definition) is 2. The Morgan fingerprint density at radius 2 is 1.57 bits per heavy atom. The van der Waals surface area contributed by atoms with E-state index in [1.807, 2.05) is 0 Å². The third kappa shape index (κ3) is 3.24. The first-order chi connectivity index (χ1) is 11.2. The molecule has 0 atom stereocenters. The van der Waals surface area contributed by atoms with Crippen LogP contribution in [0.1, 0.15) is 5.56 Å². The largest absolute Gasteiger partial charge is 0.255 e. The average molecular weight is 306 g/mol. The molecule has 0 saturated carbocycles. The smallest absolute Gasteiger partial charge is 0.123 e. The molecule has 2 nitrogen and oxygen atoms in total. The van der Waals surface area contributed by atoms with Crippen LogP contribution in [0.4, 0.5) is 8.78 Å². The maximum absolute atomic E-state index is 13.6. The summed E-state index contributed by atoms with van der Waals surface area (Å²) in [4.78, 5) is 4.37. The van der Waals surface area contributed by atoms with Crippen LogP contribution in [-0.4, -0.2) is 4.98 Å². The predicted octanol–water partition coefficient (Wildman–Crippen LogP) is 4.76. The van der Waals surface area contributed by atoms with Gasteiger partial charge in [-0.1, -0.05) is 24.3 Å². The maximum Gasteiger partial charge on any atom is 0.123 e. The van der Waals surface area contributed by atoms with E-state index in [9.17, 15) is 8.78 Å². The van der Waals surface area contributed by atoms with Gasteiger partial charge < -0.3 is 0 Å². The first-order valence-corrected chi connectivity index (χ1v) is 7.05. The number of aromatic nitrogens is 1. The normalized spacial score (nSPS) is 10.3. The number of nitrogens with zero attached hydrogens (tertiary/aromatic N) is 2. The van der Waals surface area contributed by atoms with E-state index in [0.29, 0.717) is 22.4 Å². The van der Waals surface area contributed by atoms with Crippen LogP contribution in [0, 0.1) is 23.0 Å². The van der Waals surface area contributed by atoms with Crippen LogP contribution in [0.25, 0.3) is 22.4 Å². The Morgan fingerprint density at radius 1 is 0.913 bits per heavy atom. The van der Waals surface area contributed by atoms with Gasteiger partial charge in [0.2, 0.25) is 0 Å². The third-order valence-electron chi connectivity index (χ3n) is 3.46. The van der Waals surface area contributed by atoms with Crippen molar-refractivity contribution in [3.8, 4) is 28.5 Å². The van der Waals surface area contributed by atoms with E-state index >= 15 is 0 Å². The Morgan fingerprint density at radius 3 is 2.22 bits per heavy atom. The van der Waals surface area contributed by atoms with E-state index in [-0.39, 0.29) is 18.1 Å². The molecule has 0 fully saturated rings. The summed E-state index contributed by atoms with van der Waals surface area (Å²) in [5.41, 5.74) is 3.19. The molecule has 4 heteroatoms. The molecule has 1 heterocycles. The molecule has 3 rings (SSSR count). The van der Waals surface area contributed by atoms with Crippen LogP contribution >= 0.6 is 0 Å². The number of benzene rings is 2. The molecular formula is C19H12F2N2. The standard InChI is InChI=1S/C19H12F2N2/c20-16-5-1-3-14(10-16)18-9-13(7-8-22)12-23-19(18)15-4-2-6-17(21)11-15/h1-6,9-12H,7H2. The summed E-state index contributed by atoms with van der Waals surface area (Å²) in [6.45, 7) is 0. The fourth-order valence-electron chi connectivity index (χ4n) is 2.44. The predicted molar refractivity (Wildman–Crippen MR) is 84.3 cm³/mol. The minimum atomic E-state index is -0.365. The average Bonchev–Trinajstić information content (AvgIpc) is 2.55. The van der Waals surface area contributed by atoms with Gasteiger partial charge in [0.05, 0.1) is 18.2 Å². The monoisotopic (exact) mass is 306 g/mol. The summed E-state index contributed by atoms with van der Waals surface area (Å²) >= 11 is 0. The molecule has 0 aliphatic heterocycles. The molecule has 1 aromatic heterocycles. The number of hydrogen-bond donors (Lipinski definition) is 0. The van der Waals surface area contributed by atoms with Crippen molar-refractivity contribution in [2.75, 3.05) is 0 Å². The van der Waals surface area contributed by atoms with Crippen molar-refractivity contribution in [2.45, 2.75) is 6.42 Å². The fourth-order valence-corrected chi connectivity index (χ4v) is 2.44. The minimum Gasteiger partial charge on any atom is -0.255 e. The fraction of sp³-hybridized carbons (Fsp3) is 0.0526. The molecule has 2 aromatic carbocycles. The number of pyridine rings is 1. The van der Waals surface area contributed by atoms with E-state index in [4.69, 9.17) is 5.26 Å². The number of halogens is 2. The van der Waals surface area contributed by atoms with Crippen molar-refractivity contribution < 1.29 is 8.78 Å². The van der Waals surface area contributed by atoms with Gasteiger partial charge in [0.25, 0.3) is 0 Å². The Balaban J connectivity index is 2.21. The van der Waals surface area contributed by atoms with E-state index in [2.05, 4.69) is 11.1 Å². The van der Waals surface area contributed by atoms with Crippen LogP contribution in [-0.2, 0) is 6.42 Å². The zero-order chi connectivity index (χ0) is 16.2. The van der Waals surface area contributed by atoms with Crippen molar-refractivity contribution in [3.05, 3.63) is 78.0 Å². The van der Waals surface area contributed by atoms with Gasteiger partial charge in [-0.2, -0.15) is 5.26 Å². The highest BCUT2D eigenvalue weighted by Gasteiger charge is 2.12. The quantitative estimate of drug-likeness (QED) is 0.699. The topological polar surface area (TPSA) is 36.7 Å². The molecule has 0 bridgehead atoms. The molecule has 3 aromatic rings. The summed E-state index contributed by atoms with van der Waals surface area (Å²) in [5.74, 6) is -0.728. The molecular weight excluding hydrogens is 294 g/mol. The molecule has 112 valence electrons. The second-order valence-electron chi connectivity index (χ2n) is 5.10. The molecule has 0 saturated heterocycles. The van der Waals surface area contributed by atoms with Gasteiger partial charge in [0.15, 0.2) is 0 Å². The molecule has 0 aliphatic rings. The van der Waals surface area contributed by atoms with Crippen LogP contribution < -0.4 is 0 Å². The summed E-state index contributed by atoms with van der Waals surface area (Å²) < 4.78 is 27.1. The summed E-state index contributed by atoms with van der Waals surface area (Å²) in [6.07, 6.45) is 1.80. The minimum absolute atomic E-state index is 0.207.